The van der Waals surface area contributed by atoms with E-state index in [1.807, 2.05) is 47.3 Å². The Labute approximate surface area is 156 Å². The number of pyridine rings is 1. The van der Waals surface area contributed by atoms with Crippen LogP contribution in [0.4, 0.5) is 13.2 Å². The summed E-state index contributed by atoms with van der Waals surface area (Å²) in [6.07, 6.45) is -1.01. The van der Waals surface area contributed by atoms with E-state index < -0.39 is 18.1 Å². The van der Waals surface area contributed by atoms with Gasteiger partial charge >= 0.3 is 18.1 Å². The van der Waals surface area contributed by atoms with Gasteiger partial charge in [-0.05, 0) is 33.6 Å². The number of aromatic nitrogens is 3. The first-order valence-electron chi connectivity index (χ1n) is 7.79. The minimum atomic E-state index is -4.85. The predicted octanol–water partition coefficient (Wildman–Crippen LogP) is 2.37. The van der Waals surface area contributed by atoms with Crippen LogP contribution in [0.3, 0.4) is 0 Å². The molecule has 8 nitrogen and oxygen atoms in total. The first kappa shape index (κ1) is 20.8. The second-order valence-electron chi connectivity index (χ2n) is 5.43. The number of ether oxygens (including phenoxy) is 1. The van der Waals surface area contributed by atoms with E-state index in [0.717, 1.165) is 16.6 Å². The van der Waals surface area contributed by atoms with Crippen molar-refractivity contribution in [3.8, 4) is 11.1 Å². The quantitative estimate of drug-likeness (QED) is 0.531. The summed E-state index contributed by atoms with van der Waals surface area (Å²) in [4.78, 5) is 20.0. The average molecular weight is 398 g/mol. The van der Waals surface area contributed by atoms with Crippen molar-refractivity contribution in [1.82, 2.24) is 10.3 Å². The minimum absolute atomic E-state index is 0.112. The Hall–Kier alpha value is -3.50. The van der Waals surface area contributed by atoms with Gasteiger partial charge in [-0.1, -0.05) is 6.07 Å². The van der Waals surface area contributed by atoms with Crippen molar-refractivity contribution in [2.75, 3.05) is 7.11 Å². The van der Waals surface area contributed by atoms with Crippen LogP contribution in [0.15, 0.2) is 47.4 Å². The summed E-state index contributed by atoms with van der Waals surface area (Å²) in [6, 6.07) is 9.59. The Bertz CT molecular complexity index is 955. The highest BCUT2D eigenvalue weighted by Crippen LogP contribution is 2.21. The maximum Gasteiger partial charge on any atom is 0.490 e. The Kier molecular flexibility index (Phi) is 6.64. The third-order valence-corrected chi connectivity index (χ3v) is 3.48. The number of methoxy groups -OCH3 is 1. The number of esters is 1. The molecule has 3 aromatic rings. The Morgan fingerprint density at radius 2 is 1.75 bits per heavy atom. The van der Waals surface area contributed by atoms with Gasteiger partial charge in [0.1, 0.15) is 17.5 Å². The summed E-state index contributed by atoms with van der Waals surface area (Å²) in [5.41, 5.74) is 3.48. The zero-order valence-corrected chi connectivity index (χ0v) is 14.5. The molecule has 0 radical (unpaired) electrons. The number of aryl methyl sites for hydroxylation is 1. The van der Waals surface area contributed by atoms with Crippen LogP contribution >= 0.6 is 0 Å². The lowest BCUT2D eigenvalue weighted by Crippen LogP contribution is -2.33. The van der Waals surface area contributed by atoms with E-state index in [4.69, 9.17) is 5.11 Å². The van der Waals surface area contributed by atoms with Gasteiger partial charge < -0.3 is 9.84 Å². The maximum atomic E-state index is 11.0. The number of halogens is 3. The van der Waals surface area contributed by atoms with Crippen LogP contribution in [0.5, 0.6) is 0 Å². The highest BCUT2D eigenvalue weighted by molar-refractivity contribution is 5.80. The van der Waals surface area contributed by atoms with Crippen LogP contribution in [0.2, 0.25) is 0 Å². The molecular formula is C17H15F3N3O5+. The van der Waals surface area contributed by atoms with E-state index in [1.54, 1.807) is 0 Å². The second kappa shape index (κ2) is 8.93. The van der Waals surface area contributed by atoms with E-state index >= 15 is 0 Å². The standard InChI is InChI=1S/C14H11N3O3.C3H3F3O2/c18-14(19)5-8-17-6-3-10(4-7-17)11-1-2-12-13(9-11)16-20-15-12;1-8-2(7)3(4,5)6/h1-4,6-7,9H,5,8H2;1H3/p+1. The summed E-state index contributed by atoms with van der Waals surface area (Å²) in [5, 5.41) is 16.2. The van der Waals surface area contributed by atoms with Crippen molar-refractivity contribution >= 4 is 23.0 Å². The molecule has 0 unspecified atom stereocenters. The molecular weight excluding hydrogens is 383 g/mol. The summed E-state index contributed by atoms with van der Waals surface area (Å²) < 4.78 is 42.8. The first-order chi connectivity index (χ1) is 13.2. The van der Waals surface area contributed by atoms with Gasteiger partial charge in [0, 0.05) is 12.1 Å². The predicted molar refractivity (Wildman–Crippen MR) is 87.8 cm³/mol. The largest absolute Gasteiger partial charge is 0.490 e. The Morgan fingerprint density at radius 3 is 2.29 bits per heavy atom. The smallest absolute Gasteiger partial charge is 0.481 e. The fourth-order valence-corrected chi connectivity index (χ4v) is 2.10. The number of fused-ring (bicyclic) bond motifs is 1. The van der Waals surface area contributed by atoms with Gasteiger partial charge in [-0.3, -0.25) is 4.79 Å². The molecule has 1 aromatic carbocycles. The molecule has 0 saturated carbocycles. The molecule has 0 bridgehead atoms. The second-order valence-corrected chi connectivity index (χ2v) is 5.43. The molecule has 0 fully saturated rings. The highest BCUT2D eigenvalue weighted by Gasteiger charge is 2.40. The van der Waals surface area contributed by atoms with Crippen LogP contribution in [0.1, 0.15) is 6.42 Å². The van der Waals surface area contributed by atoms with Gasteiger partial charge in [-0.25, -0.2) is 14.0 Å². The number of carbonyl (C=O) groups excluding carboxylic acids is 1. The van der Waals surface area contributed by atoms with Gasteiger partial charge in [0.2, 0.25) is 0 Å². The number of aliphatic carboxylic acids is 1. The van der Waals surface area contributed by atoms with Gasteiger partial charge in [0.25, 0.3) is 0 Å². The van der Waals surface area contributed by atoms with Crippen LogP contribution in [0.25, 0.3) is 22.2 Å². The lowest BCUT2D eigenvalue weighted by molar-refractivity contribution is -0.695. The number of nitrogens with zero attached hydrogens (tertiary/aromatic N) is 3. The van der Waals surface area contributed by atoms with Crippen molar-refractivity contribution < 1.29 is 41.8 Å². The number of benzene rings is 1. The zero-order valence-electron chi connectivity index (χ0n) is 14.5. The summed E-state index contributed by atoms with van der Waals surface area (Å²) in [5.74, 6) is -2.97. The Morgan fingerprint density at radius 1 is 1.11 bits per heavy atom. The molecule has 2 heterocycles. The topological polar surface area (TPSA) is 106 Å². The summed E-state index contributed by atoms with van der Waals surface area (Å²) >= 11 is 0. The van der Waals surface area contributed by atoms with E-state index in [1.165, 1.54) is 0 Å². The first-order valence-corrected chi connectivity index (χ1v) is 7.79. The SMILES string of the molecule is COC(=O)C(F)(F)F.O=C(O)CC[n+]1ccc(-c2ccc3nonc3c2)cc1. The molecule has 0 saturated heterocycles. The molecule has 0 amide bonds. The molecule has 3 rings (SSSR count). The van der Waals surface area contributed by atoms with Gasteiger partial charge in [-0.15, -0.1) is 0 Å². The Balaban J connectivity index is 0.000000300. The molecule has 0 spiro atoms. The fraction of sp³-hybridized carbons (Fsp3) is 0.235. The van der Waals surface area contributed by atoms with Gasteiger partial charge in [0.15, 0.2) is 18.9 Å². The number of hydrogen-bond donors (Lipinski definition) is 1. The van der Waals surface area contributed by atoms with Crippen molar-refractivity contribution in [1.29, 1.82) is 0 Å². The number of rotatable bonds is 4. The monoisotopic (exact) mass is 398 g/mol. The van der Waals surface area contributed by atoms with Gasteiger partial charge in [-0.2, -0.15) is 13.2 Å². The molecule has 28 heavy (non-hydrogen) atoms. The van der Waals surface area contributed by atoms with E-state index in [9.17, 15) is 22.8 Å². The number of carboxylic acid groups (broad SMARTS) is 1. The van der Waals surface area contributed by atoms with E-state index in [2.05, 4.69) is 19.7 Å². The van der Waals surface area contributed by atoms with E-state index in [0.29, 0.717) is 19.2 Å². The molecule has 0 aliphatic rings. The summed E-state index contributed by atoms with van der Waals surface area (Å²) in [7, 11) is 0.676. The third kappa shape index (κ3) is 5.76. The van der Waals surface area contributed by atoms with Gasteiger partial charge in [0.05, 0.1) is 7.11 Å². The molecule has 2 aromatic heterocycles. The van der Waals surface area contributed by atoms with E-state index in [-0.39, 0.29) is 6.42 Å². The number of hydrogen-bond acceptors (Lipinski definition) is 6. The van der Waals surface area contributed by atoms with Crippen LogP contribution in [-0.2, 0) is 20.9 Å². The molecule has 148 valence electrons. The third-order valence-electron chi connectivity index (χ3n) is 3.48. The number of carboxylic acids is 1. The maximum absolute atomic E-state index is 11.0. The minimum Gasteiger partial charge on any atom is -0.481 e. The molecule has 11 heteroatoms. The zero-order chi connectivity index (χ0) is 20.7. The van der Waals surface area contributed by atoms with Crippen LogP contribution in [-0.4, -0.2) is 40.6 Å². The summed E-state index contributed by atoms with van der Waals surface area (Å²) in [6.45, 7) is 0.460. The lowest BCUT2D eigenvalue weighted by Gasteiger charge is -2.00. The lowest BCUT2D eigenvalue weighted by atomic mass is 10.1. The number of carbonyl (C=O) groups is 2. The van der Waals surface area contributed by atoms with Crippen molar-refractivity contribution in [3.63, 3.8) is 0 Å². The van der Waals surface area contributed by atoms with Crippen molar-refractivity contribution in [3.05, 3.63) is 42.7 Å². The molecule has 1 N–H and O–H groups in total. The van der Waals surface area contributed by atoms with Crippen molar-refractivity contribution in [2.24, 2.45) is 0 Å². The van der Waals surface area contributed by atoms with Crippen molar-refractivity contribution in [2.45, 2.75) is 19.1 Å². The molecule has 0 aliphatic heterocycles. The molecule has 0 atom stereocenters. The van der Waals surface area contributed by atoms with Crippen LogP contribution < -0.4 is 4.57 Å². The highest BCUT2D eigenvalue weighted by atomic mass is 19.4. The number of alkyl halides is 3. The fourth-order valence-electron chi connectivity index (χ4n) is 2.10. The van der Waals surface area contributed by atoms with Crippen LogP contribution in [0, 0.1) is 0 Å². The molecule has 0 aliphatic carbocycles. The average Bonchev–Trinajstić information content (AvgIpc) is 3.13. The normalized spacial score (nSPS) is 10.9.